The van der Waals surface area contributed by atoms with Gasteiger partial charge < -0.3 is 10.2 Å². The number of carboxylic acid groups (broad SMARTS) is 2. The maximum Gasteiger partial charge on any atom is 0.336 e. The molecule has 98 heavy (non-hydrogen) atoms. The number of pyridine rings is 4. The van der Waals surface area contributed by atoms with Crippen LogP contribution in [-0.2, 0) is 26.2 Å². The van der Waals surface area contributed by atoms with Gasteiger partial charge in [0.1, 0.15) is 0 Å². The smallest absolute Gasteiger partial charge is 0.336 e. The molecule has 17 heterocycles. The summed E-state index contributed by atoms with van der Waals surface area (Å²) >= 11 is 0. The molecule has 0 saturated heterocycles. The molecule has 528 valence electrons. The Labute approximate surface area is 538 Å². The van der Waals surface area contributed by atoms with Crippen LogP contribution in [0.15, 0.2) is 232 Å². The first kappa shape index (κ1) is 76.3. The monoisotopic (exact) mass is 1490 g/mol. The zero-order chi connectivity index (χ0) is 73.2. The third-order valence-electron chi connectivity index (χ3n) is 13.3. The average Bonchev–Trinajstić information content (AvgIpc) is 0.831. The quantitative estimate of drug-likeness (QED) is 0.103. The van der Waals surface area contributed by atoms with Crippen LogP contribution in [0, 0.1) is 0 Å². The predicted octanol–water partition coefficient (Wildman–Crippen LogP) is 24.3. The Morgan fingerprint density at radius 3 is 0.510 bits per heavy atom. The Morgan fingerprint density at radius 2 is 0.378 bits per heavy atom. The molecule has 8 nitrogen and oxygen atoms in total. The SMILES string of the molecule is F[P-](F)(F)(F)(F)F.F[P-](F)(F)(F)(F)F.F[P-](F)(F)(F)(F)F.F[P-](F)(F)(F)(F)F.O=C(O)c1c2cccc1-c1ccc(cc1)C[n+]1ccc(cc1)-c1cc[n+](cc1)Cc1ccc(cc1)-c1cccc(c1C(=O)O)-c1ccc(cc1)C[n+]1ccc(cc1)-c1cc[n+](cc1)Cc1ccc-2cc1. The molecular formula is C62H48F24N4O4P4. The first-order chi connectivity index (χ1) is 44.1. The van der Waals surface area contributed by atoms with Gasteiger partial charge >= 0.3 is 144 Å². The topological polar surface area (TPSA) is 90.1 Å². The van der Waals surface area contributed by atoms with E-state index in [1.54, 1.807) is 0 Å². The number of rotatable bonds is 2. The maximum absolute atomic E-state index is 12.9. The van der Waals surface area contributed by atoms with E-state index in [0.29, 0.717) is 48.4 Å². The van der Waals surface area contributed by atoms with Crippen molar-refractivity contribution >= 4 is 43.2 Å². The maximum atomic E-state index is 12.9. The van der Waals surface area contributed by atoms with Gasteiger partial charge in [-0.3, -0.25) is 0 Å². The van der Waals surface area contributed by atoms with E-state index in [9.17, 15) is 121 Å². The summed E-state index contributed by atoms with van der Waals surface area (Å²) < 4.78 is 245. The van der Waals surface area contributed by atoms with E-state index in [1.807, 2.05) is 84.9 Å². The van der Waals surface area contributed by atoms with Crippen molar-refractivity contribution in [3.05, 3.63) is 265 Å². The van der Waals surface area contributed by atoms with Gasteiger partial charge in [0.25, 0.3) is 0 Å². The Morgan fingerprint density at radius 1 is 0.235 bits per heavy atom. The van der Waals surface area contributed by atoms with Crippen LogP contribution in [0.25, 0.3) is 66.8 Å². The Kier molecular flexibility index (Phi) is 19.0. The van der Waals surface area contributed by atoms with Crippen molar-refractivity contribution in [3.63, 3.8) is 0 Å². The first-order valence-corrected chi connectivity index (χ1v) is 35.5. The van der Waals surface area contributed by atoms with Crippen LogP contribution < -0.4 is 18.3 Å². The number of nitrogens with zero attached hydrogens (tertiary/aromatic N) is 4. The molecule has 0 unspecified atom stereocenters. The number of aromatic nitrogens is 4. The fourth-order valence-corrected chi connectivity index (χ4v) is 9.55. The molecule has 0 aliphatic carbocycles. The van der Waals surface area contributed by atoms with Crippen molar-refractivity contribution in [2.24, 2.45) is 0 Å². The molecule has 2 N–H and O–H groups in total. The molecular weight excluding hydrogens is 1440 g/mol. The van der Waals surface area contributed by atoms with Gasteiger partial charge in [-0.05, 0) is 66.8 Å². The van der Waals surface area contributed by atoms with Crippen LogP contribution in [0.5, 0.6) is 0 Å². The molecule has 0 fully saturated rings. The van der Waals surface area contributed by atoms with Gasteiger partial charge in [0.2, 0.25) is 0 Å². The van der Waals surface area contributed by atoms with Crippen molar-refractivity contribution in [1.29, 1.82) is 0 Å². The van der Waals surface area contributed by atoms with Crippen molar-refractivity contribution in [3.8, 4) is 66.8 Å². The second-order valence-corrected chi connectivity index (χ2v) is 29.4. The average molecular weight is 1490 g/mol. The van der Waals surface area contributed by atoms with Crippen LogP contribution in [0.2, 0.25) is 0 Å². The number of aromatic carboxylic acids is 2. The summed E-state index contributed by atoms with van der Waals surface area (Å²) in [7, 11) is -42.6. The van der Waals surface area contributed by atoms with E-state index in [-0.39, 0.29) is 11.1 Å². The second-order valence-electron chi connectivity index (χ2n) is 21.7. The third kappa shape index (κ3) is 29.7. The number of hydrogen-bond donors (Lipinski definition) is 2. The first-order valence-electron chi connectivity index (χ1n) is 27.4. The van der Waals surface area contributed by atoms with Gasteiger partial charge in [0.05, 0.1) is 11.1 Å². The zero-order valence-corrected chi connectivity index (χ0v) is 52.7. The number of carboxylic acids is 2. The van der Waals surface area contributed by atoms with E-state index in [0.717, 1.165) is 66.8 Å². The van der Waals surface area contributed by atoms with Gasteiger partial charge in [0, 0.05) is 70.8 Å². The van der Waals surface area contributed by atoms with Crippen molar-refractivity contribution in [2.45, 2.75) is 26.2 Å². The molecule has 0 atom stereocenters. The molecule has 10 aromatic rings. The summed E-state index contributed by atoms with van der Waals surface area (Å²) in [6.45, 7) is 2.66. The van der Waals surface area contributed by atoms with Crippen LogP contribution >= 0.6 is 31.2 Å². The minimum Gasteiger partial charge on any atom is -0.478 e. The summed E-state index contributed by atoms with van der Waals surface area (Å²) in [5.41, 5.74) is 15.5. The van der Waals surface area contributed by atoms with Crippen molar-refractivity contribution in [2.75, 3.05) is 0 Å². The molecule has 23 rings (SSSR count). The standard InChI is InChI=1S/C62H46N4O4.4F6P/c67-61(68)59-55-3-1-4-56(59)52-17-9-44(10-18-52)40-64-33-25-48(26-34-64)50-29-37-66(38-30-50)42-46-13-21-54(22-14-46)58-6-2-5-57(60(58)62(69)70)53-19-11-45(12-20-53)41-65-35-27-49(28-36-65)47-23-31-63(32-24-47)39-43-7-15-51(55)16-8-43;4*1-7(2,3,4,5)6/h1-38H,39-42H2;;;;/q+2;4*-1/p+2. The molecule has 0 spiro atoms. The number of benzene rings is 6. The fourth-order valence-electron chi connectivity index (χ4n) is 9.55. The molecule has 0 radical (unpaired) electrons. The van der Waals surface area contributed by atoms with E-state index in [1.165, 1.54) is 0 Å². The van der Waals surface area contributed by atoms with Crippen LogP contribution in [0.3, 0.4) is 0 Å². The van der Waals surface area contributed by atoms with Gasteiger partial charge in [-0.1, -0.05) is 133 Å². The predicted molar refractivity (Wildman–Crippen MR) is 324 cm³/mol. The second kappa shape index (κ2) is 24.4. The largest absolute Gasteiger partial charge is 0.478 e. The van der Waals surface area contributed by atoms with E-state index >= 15 is 0 Å². The van der Waals surface area contributed by atoms with Gasteiger partial charge in [-0.15, -0.1) is 0 Å². The Balaban J connectivity index is 0.000000406. The van der Waals surface area contributed by atoms with E-state index in [2.05, 4.69) is 165 Å². The number of carbonyl (C=O) groups is 2. The molecule has 20 bridgehead atoms. The van der Waals surface area contributed by atoms with Crippen molar-refractivity contribution < 1.29 is 139 Å². The van der Waals surface area contributed by atoms with Crippen LogP contribution in [0.1, 0.15) is 43.0 Å². The molecule has 0 saturated carbocycles. The molecule has 36 heteroatoms. The summed E-state index contributed by atoms with van der Waals surface area (Å²) in [5, 5.41) is 21.1. The summed E-state index contributed by atoms with van der Waals surface area (Å²) in [6.07, 6.45) is 16.6. The van der Waals surface area contributed by atoms with E-state index in [4.69, 9.17) is 0 Å². The van der Waals surface area contributed by atoms with Gasteiger partial charge in [0.15, 0.2) is 75.8 Å². The minimum absolute atomic E-state index is 0.285. The van der Waals surface area contributed by atoms with Crippen LogP contribution in [0.4, 0.5) is 101 Å². The fraction of sp³-hybridized carbons (Fsp3) is 0.0645. The van der Waals surface area contributed by atoms with Crippen molar-refractivity contribution in [1.82, 2.24) is 0 Å². The summed E-state index contributed by atoms with van der Waals surface area (Å²) in [4.78, 5) is 25.8. The Hall–Kier alpha value is -9.10. The normalized spacial score (nSPS) is 15.2. The summed E-state index contributed by atoms with van der Waals surface area (Å²) in [6, 6.07) is 60.9. The third-order valence-corrected chi connectivity index (χ3v) is 13.3. The van der Waals surface area contributed by atoms with Gasteiger partial charge in [-0.2, -0.15) is 0 Å². The van der Waals surface area contributed by atoms with E-state index < -0.39 is 43.2 Å². The summed E-state index contributed by atoms with van der Waals surface area (Å²) in [5.74, 6) is -1.92. The number of halogens is 24. The van der Waals surface area contributed by atoms with Crippen LogP contribution in [-0.4, -0.2) is 22.2 Å². The molecule has 13 aliphatic heterocycles. The molecule has 4 aromatic heterocycles. The molecule has 0 amide bonds. The zero-order valence-electron chi connectivity index (χ0n) is 49.1. The Bertz CT molecular complexity index is 3950. The number of hydrogen-bond acceptors (Lipinski definition) is 2. The molecule has 13 aliphatic rings. The van der Waals surface area contributed by atoms with Gasteiger partial charge in [-0.25, -0.2) is 27.9 Å². The minimum atomic E-state index is -10.7. The molecule has 6 aromatic carbocycles.